The summed E-state index contributed by atoms with van der Waals surface area (Å²) in [5.41, 5.74) is 5.14. The maximum Gasteiger partial charge on any atom is 0.325 e. The van der Waals surface area contributed by atoms with Crippen molar-refractivity contribution in [3.8, 4) is 0 Å². The van der Waals surface area contributed by atoms with Crippen molar-refractivity contribution in [3.63, 3.8) is 0 Å². The standard InChI is InChI=1S/C14H24N4O7S/c1-7(14(24)25)16-12(22)8(3-4-26-2)18-13(23)9(5-11(20)21)17-10(19)6-15/h7-9H,3-6,15H2,1-2H3,(H,16,22)(H,17,19)(H,18,23)(H,20,21)(H,24,25). The van der Waals surface area contributed by atoms with Gasteiger partial charge < -0.3 is 31.9 Å². The van der Waals surface area contributed by atoms with E-state index in [1.54, 1.807) is 6.26 Å². The van der Waals surface area contributed by atoms with Gasteiger partial charge in [-0.15, -0.1) is 0 Å². The minimum Gasteiger partial charge on any atom is -0.481 e. The number of carbonyl (C=O) groups excluding carboxylic acids is 3. The molecule has 0 aliphatic rings. The summed E-state index contributed by atoms with van der Waals surface area (Å²) >= 11 is 1.40. The number of carboxylic acids is 2. The lowest BCUT2D eigenvalue weighted by atomic mass is 10.1. The maximum absolute atomic E-state index is 12.3. The summed E-state index contributed by atoms with van der Waals surface area (Å²) in [4.78, 5) is 57.6. The van der Waals surface area contributed by atoms with Gasteiger partial charge in [0.2, 0.25) is 17.7 Å². The van der Waals surface area contributed by atoms with Crippen molar-refractivity contribution in [3.05, 3.63) is 0 Å². The third-order valence-electron chi connectivity index (χ3n) is 3.19. The van der Waals surface area contributed by atoms with Gasteiger partial charge in [-0.25, -0.2) is 0 Å². The van der Waals surface area contributed by atoms with Crippen LogP contribution in [0.15, 0.2) is 0 Å². The molecule has 148 valence electrons. The normalized spacial score (nSPS) is 13.8. The van der Waals surface area contributed by atoms with E-state index in [1.165, 1.54) is 18.7 Å². The Morgan fingerprint density at radius 2 is 1.58 bits per heavy atom. The van der Waals surface area contributed by atoms with E-state index in [9.17, 15) is 24.0 Å². The van der Waals surface area contributed by atoms with Crippen molar-refractivity contribution in [2.75, 3.05) is 18.6 Å². The Hall–Kier alpha value is -2.34. The van der Waals surface area contributed by atoms with E-state index in [-0.39, 0.29) is 6.42 Å². The highest BCUT2D eigenvalue weighted by atomic mass is 32.2. The molecule has 0 aliphatic heterocycles. The van der Waals surface area contributed by atoms with Gasteiger partial charge >= 0.3 is 11.9 Å². The Morgan fingerprint density at radius 1 is 1.00 bits per heavy atom. The predicted octanol–water partition coefficient (Wildman–Crippen LogP) is -2.27. The highest BCUT2D eigenvalue weighted by molar-refractivity contribution is 7.98. The van der Waals surface area contributed by atoms with Gasteiger partial charge in [0, 0.05) is 0 Å². The first kappa shape index (κ1) is 23.7. The zero-order valence-corrected chi connectivity index (χ0v) is 15.3. The van der Waals surface area contributed by atoms with Gasteiger partial charge in [-0.3, -0.25) is 24.0 Å². The molecule has 0 rings (SSSR count). The number of carboxylic acid groups (broad SMARTS) is 2. The van der Waals surface area contributed by atoms with Crippen molar-refractivity contribution >= 4 is 41.4 Å². The lowest BCUT2D eigenvalue weighted by molar-refractivity contribution is -0.142. The maximum atomic E-state index is 12.3. The van der Waals surface area contributed by atoms with Crippen LogP contribution < -0.4 is 21.7 Å². The van der Waals surface area contributed by atoms with Crippen LogP contribution >= 0.6 is 11.8 Å². The average Bonchev–Trinajstić information content (AvgIpc) is 2.56. The molecule has 0 aromatic rings. The summed E-state index contributed by atoms with van der Waals surface area (Å²) in [5, 5.41) is 24.5. The molecule has 3 amide bonds. The molecule has 0 radical (unpaired) electrons. The van der Waals surface area contributed by atoms with Crippen LogP contribution in [0.1, 0.15) is 19.8 Å². The first-order chi connectivity index (χ1) is 12.1. The minimum absolute atomic E-state index is 0.190. The Balaban J connectivity index is 5.14. The minimum atomic E-state index is -1.41. The van der Waals surface area contributed by atoms with E-state index in [4.69, 9.17) is 15.9 Å². The van der Waals surface area contributed by atoms with Gasteiger partial charge in [0.15, 0.2) is 0 Å². The molecule has 0 saturated carbocycles. The van der Waals surface area contributed by atoms with Gasteiger partial charge in [-0.1, -0.05) is 0 Å². The van der Waals surface area contributed by atoms with Gasteiger partial charge in [-0.05, 0) is 25.4 Å². The summed E-state index contributed by atoms with van der Waals surface area (Å²) in [6.07, 6.45) is 1.28. The van der Waals surface area contributed by atoms with Crippen LogP contribution in [0.4, 0.5) is 0 Å². The van der Waals surface area contributed by atoms with Crippen LogP contribution in [0, 0.1) is 0 Å². The van der Waals surface area contributed by atoms with Crippen LogP contribution in [0.25, 0.3) is 0 Å². The lowest BCUT2D eigenvalue weighted by Crippen LogP contribution is -2.56. The molecule has 0 bridgehead atoms. The fourth-order valence-electron chi connectivity index (χ4n) is 1.79. The van der Waals surface area contributed by atoms with E-state index in [0.717, 1.165) is 0 Å². The van der Waals surface area contributed by atoms with E-state index >= 15 is 0 Å². The third-order valence-corrected chi connectivity index (χ3v) is 3.83. The highest BCUT2D eigenvalue weighted by Gasteiger charge is 2.29. The summed E-state index contributed by atoms with van der Waals surface area (Å²) < 4.78 is 0. The first-order valence-electron chi connectivity index (χ1n) is 7.66. The smallest absolute Gasteiger partial charge is 0.325 e. The molecule has 11 nitrogen and oxygen atoms in total. The second kappa shape index (κ2) is 12.1. The molecule has 0 spiro atoms. The van der Waals surface area contributed by atoms with Crippen molar-refractivity contribution in [2.45, 2.75) is 37.9 Å². The molecule has 12 heteroatoms. The molecular weight excluding hydrogens is 368 g/mol. The fourth-order valence-corrected chi connectivity index (χ4v) is 2.26. The van der Waals surface area contributed by atoms with E-state index in [1.807, 2.05) is 0 Å². The number of nitrogens with two attached hydrogens (primary N) is 1. The third kappa shape index (κ3) is 9.22. The topological polar surface area (TPSA) is 188 Å². The van der Waals surface area contributed by atoms with Crippen LogP contribution in [-0.4, -0.2) is 76.6 Å². The van der Waals surface area contributed by atoms with Crippen molar-refractivity contribution in [1.29, 1.82) is 0 Å². The summed E-state index contributed by atoms with van der Waals surface area (Å²) in [7, 11) is 0. The molecule has 3 atom stereocenters. The number of hydrogen-bond acceptors (Lipinski definition) is 7. The van der Waals surface area contributed by atoms with Crippen LogP contribution in [-0.2, 0) is 24.0 Å². The molecule has 0 heterocycles. The van der Waals surface area contributed by atoms with E-state index in [0.29, 0.717) is 5.75 Å². The Bertz CT molecular complexity index is 543. The molecule has 0 aliphatic carbocycles. The first-order valence-corrected chi connectivity index (χ1v) is 9.05. The number of carbonyl (C=O) groups is 5. The number of rotatable bonds is 12. The van der Waals surface area contributed by atoms with Crippen molar-refractivity contribution in [2.24, 2.45) is 5.73 Å². The Labute approximate surface area is 154 Å². The lowest BCUT2D eigenvalue weighted by Gasteiger charge is -2.23. The van der Waals surface area contributed by atoms with Gasteiger partial charge in [0.05, 0.1) is 13.0 Å². The SMILES string of the molecule is CSCCC(NC(=O)C(CC(=O)O)NC(=O)CN)C(=O)NC(C)C(=O)O. The Kier molecular flexibility index (Phi) is 11.0. The molecule has 3 unspecified atom stereocenters. The van der Waals surface area contributed by atoms with Crippen LogP contribution in [0.3, 0.4) is 0 Å². The summed E-state index contributed by atoms with van der Waals surface area (Å²) in [6, 6.07) is -3.66. The molecule has 7 N–H and O–H groups in total. The zero-order valence-electron chi connectivity index (χ0n) is 14.5. The number of thioether (sulfide) groups is 1. The number of hydrogen-bond donors (Lipinski definition) is 6. The second-order valence-electron chi connectivity index (χ2n) is 5.33. The fraction of sp³-hybridized carbons (Fsp3) is 0.643. The number of aliphatic carboxylic acids is 2. The predicted molar refractivity (Wildman–Crippen MR) is 93.4 cm³/mol. The average molecular weight is 392 g/mol. The van der Waals surface area contributed by atoms with E-state index in [2.05, 4.69) is 16.0 Å². The largest absolute Gasteiger partial charge is 0.481 e. The highest BCUT2D eigenvalue weighted by Crippen LogP contribution is 2.03. The summed E-state index contributed by atoms with van der Waals surface area (Å²) in [5.74, 6) is -4.41. The molecule has 0 aromatic heterocycles. The van der Waals surface area contributed by atoms with Gasteiger partial charge in [0.1, 0.15) is 18.1 Å². The number of amides is 3. The number of nitrogens with one attached hydrogen (secondary N) is 3. The zero-order chi connectivity index (χ0) is 20.3. The monoisotopic (exact) mass is 392 g/mol. The van der Waals surface area contributed by atoms with E-state index < -0.39 is 60.8 Å². The molecule has 26 heavy (non-hydrogen) atoms. The molecular formula is C14H24N4O7S. The Morgan fingerprint density at radius 3 is 2.04 bits per heavy atom. The molecule has 0 aromatic carbocycles. The van der Waals surface area contributed by atoms with Gasteiger partial charge in [0.25, 0.3) is 0 Å². The molecule has 0 fully saturated rings. The second-order valence-corrected chi connectivity index (χ2v) is 6.32. The van der Waals surface area contributed by atoms with Crippen molar-refractivity contribution < 1.29 is 34.2 Å². The van der Waals surface area contributed by atoms with Crippen LogP contribution in [0.2, 0.25) is 0 Å². The quantitative estimate of drug-likeness (QED) is 0.213. The molecule has 0 saturated heterocycles. The van der Waals surface area contributed by atoms with Gasteiger partial charge in [-0.2, -0.15) is 11.8 Å². The van der Waals surface area contributed by atoms with Crippen LogP contribution in [0.5, 0.6) is 0 Å². The van der Waals surface area contributed by atoms with Crippen molar-refractivity contribution in [1.82, 2.24) is 16.0 Å². The summed E-state index contributed by atoms with van der Waals surface area (Å²) in [6.45, 7) is 0.832.